The maximum atomic E-state index is 11.7. The molecule has 25 heavy (non-hydrogen) atoms. The predicted molar refractivity (Wildman–Crippen MR) is 97.8 cm³/mol. The second kappa shape index (κ2) is 11.8. The lowest BCUT2D eigenvalue weighted by Gasteiger charge is -2.08. The van der Waals surface area contributed by atoms with Crippen molar-refractivity contribution in [2.45, 2.75) is 20.5 Å². The smallest absolute Gasteiger partial charge is 0.344 e. The summed E-state index contributed by atoms with van der Waals surface area (Å²) >= 11 is 0. The summed E-state index contributed by atoms with van der Waals surface area (Å²) in [5.41, 5.74) is 1.52. The van der Waals surface area contributed by atoms with Crippen molar-refractivity contribution < 1.29 is 19.1 Å². The fourth-order valence-corrected chi connectivity index (χ4v) is 1.92. The van der Waals surface area contributed by atoms with Gasteiger partial charge in [0.05, 0.1) is 6.54 Å². The van der Waals surface area contributed by atoms with Crippen LogP contribution < -0.4 is 10.1 Å². The molecule has 2 aromatic carbocycles. The summed E-state index contributed by atoms with van der Waals surface area (Å²) in [7, 11) is 1.72. The number of ether oxygens (including phenoxy) is 2. The Morgan fingerprint density at radius 2 is 1.60 bits per heavy atom. The van der Waals surface area contributed by atoms with Crippen LogP contribution >= 0.6 is 0 Å². The molecule has 0 spiro atoms. The van der Waals surface area contributed by atoms with Crippen LogP contribution in [-0.4, -0.2) is 32.0 Å². The van der Waals surface area contributed by atoms with Gasteiger partial charge in [0, 0.05) is 5.56 Å². The molecule has 0 heterocycles. The molecule has 0 radical (unpaired) electrons. The van der Waals surface area contributed by atoms with Crippen LogP contribution in [0.15, 0.2) is 54.6 Å². The number of benzene rings is 2. The van der Waals surface area contributed by atoms with Crippen LogP contribution in [0.25, 0.3) is 0 Å². The van der Waals surface area contributed by atoms with Crippen LogP contribution in [0.5, 0.6) is 5.75 Å². The van der Waals surface area contributed by atoms with E-state index in [0.717, 1.165) is 5.56 Å². The van der Waals surface area contributed by atoms with Gasteiger partial charge >= 0.3 is 5.97 Å². The molecule has 2 aromatic rings. The van der Waals surface area contributed by atoms with Gasteiger partial charge in [-0.25, -0.2) is 4.79 Å². The highest BCUT2D eigenvalue weighted by molar-refractivity contribution is 5.97. The van der Waals surface area contributed by atoms with Crippen molar-refractivity contribution >= 4 is 11.8 Å². The number of rotatable bonds is 8. The quantitative estimate of drug-likeness (QED) is 0.589. The minimum atomic E-state index is -0.441. The Labute approximate surface area is 149 Å². The molecular formula is C20H25NO4. The van der Waals surface area contributed by atoms with Gasteiger partial charge in [0.1, 0.15) is 12.4 Å². The summed E-state index contributed by atoms with van der Waals surface area (Å²) in [6.45, 7) is 4.34. The average Bonchev–Trinajstić information content (AvgIpc) is 2.67. The number of Topliss-reactive ketones (excluding diaryl/α,β-unsaturated/α-hetero) is 1. The second-order valence-electron chi connectivity index (χ2n) is 4.91. The minimum Gasteiger partial charge on any atom is -0.482 e. The lowest BCUT2D eigenvalue weighted by Crippen LogP contribution is -2.18. The van der Waals surface area contributed by atoms with E-state index < -0.39 is 5.97 Å². The molecule has 0 saturated carbocycles. The van der Waals surface area contributed by atoms with Crippen molar-refractivity contribution in [3.63, 3.8) is 0 Å². The zero-order valence-corrected chi connectivity index (χ0v) is 15.0. The maximum Gasteiger partial charge on any atom is 0.344 e. The van der Waals surface area contributed by atoms with Gasteiger partial charge in [-0.2, -0.15) is 0 Å². The Balaban J connectivity index is 0.00000151. The van der Waals surface area contributed by atoms with Crippen molar-refractivity contribution in [2.24, 2.45) is 0 Å². The van der Waals surface area contributed by atoms with E-state index in [4.69, 9.17) is 9.47 Å². The molecule has 0 unspecified atom stereocenters. The van der Waals surface area contributed by atoms with Crippen molar-refractivity contribution in [1.82, 2.24) is 5.32 Å². The maximum absolute atomic E-state index is 11.7. The van der Waals surface area contributed by atoms with Crippen LogP contribution in [0, 0.1) is 0 Å². The Hall–Kier alpha value is -2.66. The normalized spacial score (nSPS) is 9.56. The average molecular weight is 343 g/mol. The predicted octanol–water partition coefficient (Wildman–Crippen LogP) is 3.24. The molecule has 0 aliphatic heterocycles. The van der Waals surface area contributed by atoms with E-state index in [0.29, 0.717) is 11.3 Å². The fraction of sp³-hybridized carbons (Fsp3) is 0.300. The summed E-state index contributed by atoms with van der Waals surface area (Å²) in [6, 6.07) is 16.1. The zero-order chi connectivity index (χ0) is 18.5. The zero-order valence-electron chi connectivity index (χ0n) is 15.0. The summed E-state index contributed by atoms with van der Waals surface area (Å²) in [5, 5.41) is 2.81. The molecule has 1 N–H and O–H groups in total. The van der Waals surface area contributed by atoms with Gasteiger partial charge in [-0.1, -0.05) is 44.2 Å². The van der Waals surface area contributed by atoms with E-state index in [1.54, 1.807) is 31.3 Å². The standard InChI is InChI=1S/C18H19NO4.C2H6/c1-19-11-17(20)15-7-9-16(10-8-15)22-13-18(21)23-12-14-5-3-2-4-6-14;1-2/h2-10,19H,11-13H2,1H3;1-2H3. The number of likely N-dealkylation sites (N-methyl/N-ethyl adjacent to an activating group) is 1. The molecule has 0 fully saturated rings. The Kier molecular flexibility index (Phi) is 9.63. The fourth-order valence-electron chi connectivity index (χ4n) is 1.92. The second-order valence-corrected chi connectivity index (χ2v) is 4.91. The molecule has 5 heteroatoms. The highest BCUT2D eigenvalue weighted by atomic mass is 16.6. The first-order chi connectivity index (χ1) is 12.2. The highest BCUT2D eigenvalue weighted by Crippen LogP contribution is 2.12. The summed E-state index contributed by atoms with van der Waals surface area (Å²) in [6.07, 6.45) is 0. The molecule has 0 aliphatic rings. The van der Waals surface area contributed by atoms with Crippen LogP contribution in [0.4, 0.5) is 0 Å². The summed E-state index contributed by atoms with van der Waals surface area (Å²) in [4.78, 5) is 23.3. The van der Waals surface area contributed by atoms with Gasteiger partial charge in [0.25, 0.3) is 0 Å². The highest BCUT2D eigenvalue weighted by Gasteiger charge is 2.07. The van der Waals surface area contributed by atoms with E-state index in [2.05, 4.69) is 5.32 Å². The first-order valence-electron chi connectivity index (χ1n) is 8.29. The van der Waals surface area contributed by atoms with E-state index >= 15 is 0 Å². The van der Waals surface area contributed by atoms with Crippen molar-refractivity contribution in [3.8, 4) is 5.75 Å². The molecule has 0 saturated heterocycles. The number of nitrogens with one attached hydrogen (secondary N) is 1. The van der Waals surface area contributed by atoms with Crippen molar-refractivity contribution in [2.75, 3.05) is 20.2 Å². The van der Waals surface area contributed by atoms with Crippen LogP contribution in [0.1, 0.15) is 29.8 Å². The molecule has 2 rings (SSSR count). The molecule has 5 nitrogen and oxygen atoms in total. The first-order valence-corrected chi connectivity index (χ1v) is 8.29. The third-order valence-electron chi connectivity index (χ3n) is 3.11. The SMILES string of the molecule is CC.CNCC(=O)c1ccc(OCC(=O)OCc2ccccc2)cc1. The van der Waals surface area contributed by atoms with E-state index in [9.17, 15) is 9.59 Å². The molecule has 0 amide bonds. The number of carbonyl (C=O) groups is 2. The Bertz CT molecular complexity index is 639. The molecule has 0 bridgehead atoms. The molecular weight excluding hydrogens is 318 g/mol. The van der Waals surface area contributed by atoms with Crippen LogP contribution in [-0.2, 0) is 16.1 Å². The molecule has 0 aromatic heterocycles. The van der Waals surface area contributed by atoms with Gasteiger partial charge in [-0.3, -0.25) is 4.79 Å². The topological polar surface area (TPSA) is 64.6 Å². The lowest BCUT2D eigenvalue weighted by atomic mass is 10.1. The number of carbonyl (C=O) groups excluding carboxylic acids is 2. The van der Waals surface area contributed by atoms with E-state index in [1.807, 2.05) is 44.2 Å². The van der Waals surface area contributed by atoms with Gasteiger partial charge in [-0.15, -0.1) is 0 Å². The number of hydrogen-bond donors (Lipinski definition) is 1. The van der Waals surface area contributed by atoms with Crippen molar-refractivity contribution in [3.05, 3.63) is 65.7 Å². The monoisotopic (exact) mass is 343 g/mol. The summed E-state index contributed by atoms with van der Waals surface area (Å²) < 4.78 is 10.5. The molecule has 0 aliphatic carbocycles. The van der Waals surface area contributed by atoms with E-state index in [1.165, 1.54) is 0 Å². The van der Waals surface area contributed by atoms with Gasteiger partial charge < -0.3 is 14.8 Å². The number of hydrogen-bond acceptors (Lipinski definition) is 5. The largest absolute Gasteiger partial charge is 0.482 e. The Morgan fingerprint density at radius 1 is 0.960 bits per heavy atom. The van der Waals surface area contributed by atoms with E-state index in [-0.39, 0.29) is 25.5 Å². The summed E-state index contributed by atoms with van der Waals surface area (Å²) in [5.74, 6) is 0.0770. The van der Waals surface area contributed by atoms with Gasteiger partial charge in [-0.05, 0) is 36.9 Å². The van der Waals surface area contributed by atoms with Crippen LogP contribution in [0.2, 0.25) is 0 Å². The van der Waals surface area contributed by atoms with Gasteiger partial charge in [0.15, 0.2) is 12.4 Å². The van der Waals surface area contributed by atoms with Crippen molar-refractivity contribution in [1.29, 1.82) is 0 Å². The number of ketones is 1. The number of esters is 1. The van der Waals surface area contributed by atoms with Gasteiger partial charge in [0.2, 0.25) is 0 Å². The molecule has 0 atom stereocenters. The van der Waals surface area contributed by atoms with Crippen LogP contribution in [0.3, 0.4) is 0 Å². The molecule has 134 valence electrons. The third-order valence-corrected chi connectivity index (χ3v) is 3.11. The lowest BCUT2D eigenvalue weighted by molar-refractivity contribution is -0.147. The minimum absolute atomic E-state index is 0.00122. The third kappa shape index (κ3) is 7.63. The Morgan fingerprint density at radius 3 is 2.20 bits per heavy atom. The first kappa shape index (κ1) is 20.4.